The number of aromatic nitrogens is 1. The molecule has 0 aliphatic carbocycles. The molecule has 5 heteroatoms. The van der Waals surface area contributed by atoms with Crippen molar-refractivity contribution >= 4 is 11.6 Å². The lowest BCUT2D eigenvalue weighted by Crippen LogP contribution is -2.24. The van der Waals surface area contributed by atoms with Crippen molar-refractivity contribution in [1.82, 2.24) is 10.5 Å². The Hall–Kier alpha value is -2.30. The second kappa shape index (κ2) is 6.23. The number of hydrogen-bond donors (Lipinski definition) is 2. The average molecular weight is 273 g/mol. The van der Waals surface area contributed by atoms with Crippen LogP contribution in [0.4, 0.5) is 5.69 Å². The van der Waals surface area contributed by atoms with Crippen LogP contribution in [0.15, 0.2) is 34.9 Å². The summed E-state index contributed by atoms with van der Waals surface area (Å²) in [5, 5.41) is 9.95. The number of amides is 1. The Bertz CT molecular complexity index is 590. The van der Waals surface area contributed by atoms with Gasteiger partial charge in [0.1, 0.15) is 11.5 Å². The van der Waals surface area contributed by atoms with E-state index in [2.05, 4.69) is 15.8 Å². The Morgan fingerprint density at radius 2 is 2.10 bits per heavy atom. The van der Waals surface area contributed by atoms with Gasteiger partial charge in [0.05, 0.1) is 12.1 Å². The zero-order valence-electron chi connectivity index (χ0n) is 11.9. The zero-order valence-corrected chi connectivity index (χ0v) is 11.9. The monoisotopic (exact) mass is 273 g/mol. The Labute approximate surface area is 118 Å². The van der Waals surface area contributed by atoms with E-state index < -0.39 is 0 Å². The van der Waals surface area contributed by atoms with Crippen molar-refractivity contribution in [3.63, 3.8) is 0 Å². The third-order valence-corrected chi connectivity index (χ3v) is 2.72. The van der Waals surface area contributed by atoms with Crippen LogP contribution in [-0.4, -0.2) is 17.1 Å². The van der Waals surface area contributed by atoms with E-state index in [1.165, 1.54) is 0 Å². The molecule has 0 saturated carbocycles. The molecule has 0 radical (unpaired) electrons. The van der Waals surface area contributed by atoms with Crippen molar-refractivity contribution in [2.45, 2.75) is 33.4 Å². The van der Waals surface area contributed by atoms with Crippen molar-refractivity contribution in [3.05, 3.63) is 47.3 Å². The van der Waals surface area contributed by atoms with E-state index in [4.69, 9.17) is 4.52 Å². The third kappa shape index (κ3) is 3.60. The minimum Gasteiger partial charge on any atom is -0.382 e. The summed E-state index contributed by atoms with van der Waals surface area (Å²) in [6.07, 6.45) is 0. The normalized spacial score (nSPS) is 10.6. The molecule has 0 atom stereocenters. The molecular weight excluding hydrogens is 254 g/mol. The van der Waals surface area contributed by atoms with E-state index in [-0.39, 0.29) is 11.9 Å². The zero-order chi connectivity index (χ0) is 14.5. The van der Waals surface area contributed by atoms with Gasteiger partial charge in [-0.25, -0.2) is 0 Å². The van der Waals surface area contributed by atoms with Gasteiger partial charge >= 0.3 is 0 Å². The topological polar surface area (TPSA) is 67.2 Å². The van der Waals surface area contributed by atoms with E-state index in [0.29, 0.717) is 17.8 Å². The maximum absolute atomic E-state index is 12.2. The number of nitrogens with zero attached hydrogens (tertiary/aromatic N) is 1. The number of carbonyl (C=O) groups excluding carboxylic acids is 1. The molecule has 1 aromatic carbocycles. The Morgan fingerprint density at radius 3 is 2.75 bits per heavy atom. The van der Waals surface area contributed by atoms with Gasteiger partial charge < -0.3 is 15.2 Å². The molecule has 0 aliphatic heterocycles. The summed E-state index contributed by atoms with van der Waals surface area (Å²) < 4.78 is 4.97. The second-order valence-corrected chi connectivity index (χ2v) is 4.96. The number of anilines is 1. The molecule has 2 rings (SSSR count). The van der Waals surface area contributed by atoms with E-state index in [1.54, 1.807) is 12.1 Å². The van der Waals surface area contributed by atoms with E-state index >= 15 is 0 Å². The highest BCUT2D eigenvalue weighted by Gasteiger charge is 2.12. The van der Waals surface area contributed by atoms with Gasteiger partial charge in [-0.15, -0.1) is 0 Å². The summed E-state index contributed by atoms with van der Waals surface area (Å²) in [5.41, 5.74) is 2.17. The highest BCUT2D eigenvalue weighted by Crippen LogP contribution is 2.16. The van der Waals surface area contributed by atoms with Crippen LogP contribution < -0.4 is 10.6 Å². The Balaban J connectivity index is 2.05. The minimum absolute atomic E-state index is 0.130. The predicted molar refractivity (Wildman–Crippen MR) is 77.6 cm³/mol. The fourth-order valence-corrected chi connectivity index (χ4v) is 1.89. The summed E-state index contributed by atoms with van der Waals surface area (Å²) in [4.78, 5) is 12.2. The smallest absolute Gasteiger partial charge is 0.253 e. The SMILES string of the molecule is Cc1cc(CNC(=O)c2ccccc2NC(C)C)no1. The third-order valence-electron chi connectivity index (χ3n) is 2.72. The first-order valence-corrected chi connectivity index (χ1v) is 6.62. The molecule has 0 spiro atoms. The molecular formula is C15H19N3O2. The van der Waals surface area contributed by atoms with Gasteiger partial charge in [-0.05, 0) is 32.9 Å². The molecule has 2 N–H and O–H groups in total. The van der Waals surface area contributed by atoms with Crippen LogP contribution in [0.3, 0.4) is 0 Å². The van der Waals surface area contributed by atoms with Crippen LogP contribution in [0.1, 0.15) is 35.7 Å². The molecule has 0 aliphatic rings. The summed E-state index contributed by atoms with van der Waals surface area (Å²) in [6, 6.07) is 9.52. The number of benzene rings is 1. The van der Waals surface area contributed by atoms with Crippen molar-refractivity contribution < 1.29 is 9.32 Å². The molecule has 1 amide bonds. The average Bonchev–Trinajstić information content (AvgIpc) is 2.82. The first kappa shape index (κ1) is 14.1. The predicted octanol–water partition coefficient (Wildman–Crippen LogP) is 2.73. The molecule has 5 nitrogen and oxygen atoms in total. The van der Waals surface area contributed by atoms with E-state index in [9.17, 15) is 4.79 Å². The van der Waals surface area contributed by atoms with Crippen LogP contribution in [0.25, 0.3) is 0 Å². The number of para-hydroxylation sites is 1. The molecule has 1 aromatic heterocycles. The van der Waals surface area contributed by atoms with Crippen molar-refractivity contribution in [2.75, 3.05) is 5.32 Å². The molecule has 0 bridgehead atoms. The molecule has 2 aromatic rings. The van der Waals surface area contributed by atoms with Crippen LogP contribution in [-0.2, 0) is 6.54 Å². The Morgan fingerprint density at radius 1 is 1.35 bits per heavy atom. The van der Waals surface area contributed by atoms with Crippen molar-refractivity contribution in [3.8, 4) is 0 Å². The van der Waals surface area contributed by atoms with Gasteiger partial charge in [-0.2, -0.15) is 0 Å². The lowest BCUT2D eigenvalue weighted by molar-refractivity contribution is 0.0951. The fraction of sp³-hybridized carbons (Fsp3) is 0.333. The van der Waals surface area contributed by atoms with Gasteiger partial charge in [0, 0.05) is 17.8 Å². The van der Waals surface area contributed by atoms with Gasteiger partial charge in [-0.1, -0.05) is 17.3 Å². The van der Waals surface area contributed by atoms with Crippen LogP contribution in [0.5, 0.6) is 0 Å². The number of aryl methyl sites for hydroxylation is 1. The standard InChI is InChI=1S/C15H19N3O2/c1-10(2)17-14-7-5-4-6-13(14)15(19)16-9-12-8-11(3)20-18-12/h4-8,10,17H,9H2,1-3H3,(H,16,19). The van der Waals surface area contributed by atoms with Crippen molar-refractivity contribution in [2.24, 2.45) is 0 Å². The second-order valence-electron chi connectivity index (χ2n) is 4.96. The number of hydrogen-bond acceptors (Lipinski definition) is 4. The summed E-state index contributed by atoms with van der Waals surface area (Å²) in [5.74, 6) is 0.602. The van der Waals surface area contributed by atoms with Crippen LogP contribution in [0, 0.1) is 6.92 Å². The molecule has 106 valence electrons. The van der Waals surface area contributed by atoms with Gasteiger partial charge in [0.2, 0.25) is 0 Å². The number of nitrogens with one attached hydrogen (secondary N) is 2. The highest BCUT2D eigenvalue weighted by atomic mass is 16.5. The largest absolute Gasteiger partial charge is 0.382 e. The van der Waals surface area contributed by atoms with Crippen LogP contribution >= 0.6 is 0 Å². The fourth-order valence-electron chi connectivity index (χ4n) is 1.89. The lowest BCUT2D eigenvalue weighted by atomic mass is 10.1. The van der Waals surface area contributed by atoms with E-state index in [0.717, 1.165) is 11.4 Å². The first-order chi connectivity index (χ1) is 9.56. The number of carbonyl (C=O) groups is 1. The molecule has 0 unspecified atom stereocenters. The molecule has 20 heavy (non-hydrogen) atoms. The molecule has 0 saturated heterocycles. The van der Waals surface area contributed by atoms with Gasteiger partial charge in [0.25, 0.3) is 5.91 Å². The summed E-state index contributed by atoms with van der Waals surface area (Å²) >= 11 is 0. The summed E-state index contributed by atoms with van der Waals surface area (Å²) in [6.45, 7) is 6.24. The maximum Gasteiger partial charge on any atom is 0.253 e. The summed E-state index contributed by atoms with van der Waals surface area (Å²) in [7, 11) is 0. The maximum atomic E-state index is 12.2. The molecule has 0 fully saturated rings. The Kier molecular flexibility index (Phi) is 4.40. The van der Waals surface area contributed by atoms with Crippen LogP contribution in [0.2, 0.25) is 0 Å². The van der Waals surface area contributed by atoms with E-state index in [1.807, 2.05) is 39.0 Å². The molecule has 1 heterocycles. The minimum atomic E-state index is -0.130. The van der Waals surface area contributed by atoms with Gasteiger partial charge in [-0.3, -0.25) is 4.79 Å². The van der Waals surface area contributed by atoms with Gasteiger partial charge in [0.15, 0.2) is 0 Å². The van der Waals surface area contributed by atoms with Crippen molar-refractivity contribution in [1.29, 1.82) is 0 Å². The quantitative estimate of drug-likeness (QED) is 0.879. The highest BCUT2D eigenvalue weighted by molar-refractivity contribution is 5.99. The first-order valence-electron chi connectivity index (χ1n) is 6.62. The lowest BCUT2D eigenvalue weighted by Gasteiger charge is -2.14. The number of rotatable bonds is 5.